The summed E-state index contributed by atoms with van der Waals surface area (Å²) in [5.74, 6) is -1.05. The van der Waals surface area contributed by atoms with Crippen molar-refractivity contribution in [3.05, 3.63) is 57.8 Å². The summed E-state index contributed by atoms with van der Waals surface area (Å²) in [4.78, 5) is 23.7. The number of rotatable bonds is 5. The van der Waals surface area contributed by atoms with Crippen LogP contribution in [0.2, 0.25) is 0 Å². The first-order valence-corrected chi connectivity index (χ1v) is 7.76. The van der Waals surface area contributed by atoms with Crippen molar-refractivity contribution in [2.24, 2.45) is 0 Å². The number of halogens is 2. The molecule has 0 fully saturated rings. The number of esters is 1. The zero-order chi connectivity index (χ0) is 17.7. The lowest BCUT2D eigenvalue weighted by molar-refractivity contribution is -0.119. The van der Waals surface area contributed by atoms with E-state index in [1.165, 1.54) is 25.3 Å². The molecule has 0 bridgehead atoms. The lowest BCUT2D eigenvalue weighted by atomic mass is 10.2. The Labute approximate surface area is 146 Å². The highest BCUT2D eigenvalue weighted by Gasteiger charge is 2.13. The van der Waals surface area contributed by atoms with Gasteiger partial charge in [-0.3, -0.25) is 4.79 Å². The van der Waals surface area contributed by atoms with E-state index in [9.17, 15) is 14.0 Å². The quantitative estimate of drug-likeness (QED) is 0.783. The Bertz CT molecular complexity index is 779. The minimum Gasteiger partial charge on any atom is -0.496 e. The fourth-order valence-corrected chi connectivity index (χ4v) is 2.42. The Morgan fingerprint density at radius 1 is 1.21 bits per heavy atom. The fraction of sp³-hybridized carbons (Fsp3) is 0.176. The predicted octanol–water partition coefficient (Wildman–Crippen LogP) is 3.70. The average Bonchev–Trinajstić information content (AvgIpc) is 2.56. The Hall–Kier alpha value is -2.41. The van der Waals surface area contributed by atoms with Gasteiger partial charge in [-0.1, -0.05) is 6.07 Å². The van der Waals surface area contributed by atoms with Gasteiger partial charge in [0.2, 0.25) is 0 Å². The first-order chi connectivity index (χ1) is 11.4. The molecule has 0 saturated heterocycles. The molecule has 0 aliphatic heterocycles. The summed E-state index contributed by atoms with van der Waals surface area (Å²) in [6.07, 6.45) is 0. The first-order valence-electron chi connectivity index (χ1n) is 6.97. The highest BCUT2D eigenvalue weighted by Crippen LogP contribution is 2.25. The molecule has 0 saturated carbocycles. The number of anilines is 1. The van der Waals surface area contributed by atoms with Crippen LogP contribution in [0.5, 0.6) is 5.75 Å². The maximum absolute atomic E-state index is 13.4. The number of carbonyl (C=O) groups excluding carboxylic acids is 2. The summed E-state index contributed by atoms with van der Waals surface area (Å²) in [5, 5.41) is 2.46. The molecule has 24 heavy (non-hydrogen) atoms. The molecule has 2 aromatic carbocycles. The Morgan fingerprint density at radius 2 is 1.96 bits per heavy atom. The second kappa shape index (κ2) is 7.92. The number of methoxy groups -OCH3 is 1. The number of amides is 1. The highest BCUT2D eigenvalue weighted by molar-refractivity contribution is 9.10. The summed E-state index contributed by atoms with van der Waals surface area (Å²) in [6, 6.07) is 8.99. The van der Waals surface area contributed by atoms with Crippen molar-refractivity contribution in [2.45, 2.75) is 6.92 Å². The van der Waals surface area contributed by atoms with Gasteiger partial charge in [0, 0.05) is 5.69 Å². The van der Waals surface area contributed by atoms with E-state index in [1.807, 2.05) is 0 Å². The van der Waals surface area contributed by atoms with E-state index in [0.717, 1.165) is 0 Å². The summed E-state index contributed by atoms with van der Waals surface area (Å²) < 4.78 is 24.0. The van der Waals surface area contributed by atoms with Crippen LogP contribution in [0.25, 0.3) is 0 Å². The molecule has 2 aromatic rings. The number of nitrogens with one attached hydrogen (secondary N) is 1. The van der Waals surface area contributed by atoms with Crippen molar-refractivity contribution >= 4 is 33.5 Å². The van der Waals surface area contributed by atoms with Gasteiger partial charge >= 0.3 is 5.97 Å². The van der Waals surface area contributed by atoms with Crippen LogP contribution in [0.4, 0.5) is 10.1 Å². The van der Waals surface area contributed by atoms with Gasteiger partial charge in [-0.25, -0.2) is 9.18 Å². The molecule has 0 aromatic heterocycles. The molecule has 7 heteroatoms. The van der Waals surface area contributed by atoms with Crippen LogP contribution >= 0.6 is 15.9 Å². The van der Waals surface area contributed by atoms with E-state index in [-0.39, 0.29) is 5.56 Å². The molecule has 0 unspecified atom stereocenters. The van der Waals surface area contributed by atoms with Crippen LogP contribution in [0.15, 0.2) is 40.9 Å². The third kappa shape index (κ3) is 4.55. The van der Waals surface area contributed by atoms with Crippen molar-refractivity contribution in [3.63, 3.8) is 0 Å². The molecule has 0 spiro atoms. The van der Waals surface area contributed by atoms with Gasteiger partial charge in [0.1, 0.15) is 11.6 Å². The molecule has 0 atom stereocenters. The van der Waals surface area contributed by atoms with Gasteiger partial charge < -0.3 is 14.8 Å². The van der Waals surface area contributed by atoms with Crippen molar-refractivity contribution in [1.29, 1.82) is 0 Å². The number of carbonyl (C=O) groups is 2. The van der Waals surface area contributed by atoms with E-state index >= 15 is 0 Å². The zero-order valence-corrected chi connectivity index (χ0v) is 14.6. The summed E-state index contributed by atoms with van der Waals surface area (Å²) >= 11 is 3.26. The van der Waals surface area contributed by atoms with E-state index in [1.54, 1.807) is 25.1 Å². The van der Waals surface area contributed by atoms with Gasteiger partial charge in [0.25, 0.3) is 5.91 Å². The molecular weight excluding hydrogens is 381 g/mol. The predicted molar refractivity (Wildman–Crippen MR) is 90.7 cm³/mol. The zero-order valence-electron chi connectivity index (χ0n) is 13.1. The molecule has 0 aliphatic rings. The molecule has 0 heterocycles. The normalized spacial score (nSPS) is 10.2. The minimum atomic E-state index is -0.649. The van der Waals surface area contributed by atoms with Crippen LogP contribution in [0.3, 0.4) is 0 Å². The minimum absolute atomic E-state index is 0.275. The Balaban J connectivity index is 1.92. The van der Waals surface area contributed by atoms with Gasteiger partial charge in [-0.15, -0.1) is 0 Å². The molecule has 0 radical (unpaired) electrons. The largest absolute Gasteiger partial charge is 0.496 e. The van der Waals surface area contributed by atoms with E-state index in [2.05, 4.69) is 21.2 Å². The highest BCUT2D eigenvalue weighted by atomic mass is 79.9. The third-order valence-corrected chi connectivity index (χ3v) is 3.80. The van der Waals surface area contributed by atoms with Crippen molar-refractivity contribution in [3.8, 4) is 5.75 Å². The summed E-state index contributed by atoms with van der Waals surface area (Å²) in [7, 11) is 1.51. The lowest BCUT2D eigenvalue weighted by Crippen LogP contribution is -2.21. The van der Waals surface area contributed by atoms with E-state index in [4.69, 9.17) is 9.47 Å². The van der Waals surface area contributed by atoms with Crippen LogP contribution in [-0.2, 0) is 9.53 Å². The second-order valence-corrected chi connectivity index (χ2v) is 5.79. The van der Waals surface area contributed by atoms with Crippen LogP contribution < -0.4 is 10.1 Å². The van der Waals surface area contributed by atoms with Gasteiger partial charge in [0.05, 0.1) is 17.1 Å². The third-order valence-electron chi connectivity index (χ3n) is 3.18. The molecule has 126 valence electrons. The lowest BCUT2D eigenvalue weighted by Gasteiger charge is -2.08. The van der Waals surface area contributed by atoms with Crippen molar-refractivity contribution in [1.82, 2.24) is 0 Å². The monoisotopic (exact) mass is 395 g/mol. The van der Waals surface area contributed by atoms with E-state index in [0.29, 0.717) is 21.5 Å². The summed E-state index contributed by atoms with van der Waals surface area (Å²) in [5.41, 5.74) is 1.05. The van der Waals surface area contributed by atoms with Crippen molar-refractivity contribution in [2.75, 3.05) is 19.0 Å². The van der Waals surface area contributed by atoms with Gasteiger partial charge in [-0.2, -0.15) is 0 Å². The molecule has 1 amide bonds. The number of hydrogen-bond donors (Lipinski definition) is 1. The number of ether oxygens (including phenoxy) is 2. The number of aryl methyl sites for hydroxylation is 1. The SMILES string of the molecule is COc1ccc(C(=O)OCC(=O)Nc2ccc(C)c(F)c2)cc1Br. The van der Waals surface area contributed by atoms with Crippen LogP contribution in [0.1, 0.15) is 15.9 Å². The molecule has 2 rings (SSSR count). The van der Waals surface area contributed by atoms with Crippen LogP contribution in [-0.4, -0.2) is 25.6 Å². The van der Waals surface area contributed by atoms with E-state index < -0.39 is 24.3 Å². The Morgan fingerprint density at radius 3 is 2.58 bits per heavy atom. The molecule has 5 nitrogen and oxygen atoms in total. The van der Waals surface area contributed by atoms with Gasteiger partial charge in [0.15, 0.2) is 6.61 Å². The first kappa shape index (κ1) is 17.9. The number of benzene rings is 2. The standard InChI is InChI=1S/C17H15BrFNO4/c1-10-3-5-12(8-14(10)19)20-16(21)9-24-17(22)11-4-6-15(23-2)13(18)7-11/h3-8H,9H2,1-2H3,(H,20,21). The molecule has 1 N–H and O–H groups in total. The Kier molecular flexibility index (Phi) is 5.92. The maximum Gasteiger partial charge on any atom is 0.338 e. The number of hydrogen-bond acceptors (Lipinski definition) is 4. The summed E-state index contributed by atoms with van der Waals surface area (Å²) in [6.45, 7) is 1.15. The average molecular weight is 396 g/mol. The van der Waals surface area contributed by atoms with Crippen LogP contribution in [0, 0.1) is 12.7 Å². The van der Waals surface area contributed by atoms with Gasteiger partial charge in [-0.05, 0) is 58.7 Å². The maximum atomic E-state index is 13.4. The fourth-order valence-electron chi connectivity index (χ4n) is 1.88. The second-order valence-electron chi connectivity index (χ2n) is 4.94. The van der Waals surface area contributed by atoms with Crippen molar-refractivity contribution < 1.29 is 23.5 Å². The topological polar surface area (TPSA) is 64.6 Å². The smallest absolute Gasteiger partial charge is 0.338 e. The molecular formula is C17H15BrFNO4. The molecule has 0 aliphatic carbocycles.